The largest absolute Gasteiger partial charge is 0.368 e. The first-order valence-corrected chi connectivity index (χ1v) is 7.70. The van der Waals surface area contributed by atoms with Crippen molar-refractivity contribution in [2.75, 3.05) is 18.8 Å². The fourth-order valence-corrected chi connectivity index (χ4v) is 2.91. The predicted octanol–water partition coefficient (Wildman–Crippen LogP) is 3.04. The van der Waals surface area contributed by atoms with Crippen molar-refractivity contribution in [3.8, 4) is 0 Å². The van der Waals surface area contributed by atoms with Crippen molar-refractivity contribution in [2.45, 2.75) is 18.8 Å². The highest BCUT2D eigenvalue weighted by atomic mass is 79.9. The normalized spacial score (nSPS) is 16.1. The van der Waals surface area contributed by atoms with Crippen molar-refractivity contribution in [1.82, 2.24) is 10.1 Å². The quantitative estimate of drug-likeness (QED) is 0.904. The number of piperidine rings is 1. The number of nitrogens with two attached hydrogens (primary N) is 1. The van der Waals surface area contributed by atoms with Crippen LogP contribution in [-0.4, -0.2) is 29.1 Å². The maximum atomic E-state index is 12.4. The van der Waals surface area contributed by atoms with Crippen LogP contribution in [0.25, 0.3) is 0 Å². The molecule has 1 fully saturated rings. The summed E-state index contributed by atoms with van der Waals surface area (Å²) in [5, 5.41) is 3.97. The standard InChI is InChI=1S/C15H16BrN3O2/c16-12-3-1-11(2-4-12)15(20)19-7-5-10(6-8-19)13-9-14(17)21-18-13/h1-4,9-10H,5-8,17H2. The van der Waals surface area contributed by atoms with E-state index in [-0.39, 0.29) is 5.91 Å². The first kappa shape index (κ1) is 14.1. The van der Waals surface area contributed by atoms with E-state index in [4.69, 9.17) is 10.3 Å². The van der Waals surface area contributed by atoms with Gasteiger partial charge in [0.25, 0.3) is 5.91 Å². The van der Waals surface area contributed by atoms with Crippen LogP contribution in [0.5, 0.6) is 0 Å². The molecule has 1 amide bonds. The number of rotatable bonds is 2. The second kappa shape index (κ2) is 5.89. The third-order valence-electron chi connectivity index (χ3n) is 3.84. The molecule has 21 heavy (non-hydrogen) atoms. The zero-order valence-corrected chi connectivity index (χ0v) is 13.0. The molecule has 0 aliphatic carbocycles. The van der Waals surface area contributed by atoms with Gasteiger partial charge in [0.05, 0.1) is 5.69 Å². The molecule has 2 aromatic rings. The molecule has 0 bridgehead atoms. The van der Waals surface area contributed by atoms with E-state index in [0.29, 0.717) is 11.8 Å². The maximum absolute atomic E-state index is 12.4. The van der Waals surface area contributed by atoms with Gasteiger partial charge in [-0.1, -0.05) is 21.1 Å². The van der Waals surface area contributed by atoms with Gasteiger partial charge in [-0.25, -0.2) is 0 Å². The summed E-state index contributed by atoms with van der Waals surface area (Å²) in [7, 11) is 0. The van der Waals surface area contributed by atoms with E-state index in [1.165, 1.54) is 0 Å². The third kappa shape index (κ3) is 3.10. The Kier molecular flexibility index (Phi) is 3.96. The molecule has 0 atom stereocenters. The molecule has 0 radical (unpaired) electrons. The Labute approximate surface area is 131 Å². The molecule has 3 rings (SSSR count). The highest BCUT2D eigenvalue weighted by molar-refractivity contribution is 9.10. The van der Waals surface area contributed by atoms with E-state index in [2.05, 4.69) is 21.1 Å². The average molecular weight is 350 g/mol. The van der Waals surface area contributed by atoms with E-state index in [0.717, 1.165) is 41.7 Å². The van der Waals surface area contributed by atoms with Crippen LogP contribution >= 0.6 is 15.9 Å². The van der Waals surface area contributed by atoms with Gasteiger partial charge in [-0.15, -0.1) is 0 Å². The fraction of sp³-hybridized carbons (Fsp3) is 0.333. The first-order valence-electron chi connectivity index (χ1n) is 6.90. The summed E-state index contributed by atoms with van der Waals surface area (Å²) >= 11 is 3.38. The molecule has 1 saturated heterocycles. The molecule has 110 valence electrons. The Balaban J connectivity index is 1.63. The van der Waals surface area contributed by atoms with Crippen LogP contribution in [0.2, 0.25) is 0 Å². The Hall–Kier alpha value is -1.82. The van der Waals surface area contributed by atoms with Crippen LogP contribution in [0.4, 0.5) is 5.88 Å². The lowest BCUT2D eigenvalue weighted by Gasteiger charge is -2.31. The summed E-state index contributed by atoms with van der Waals surface area (Å²) in [5.41, 5.74) is 7.17. The van der Waals surface area contributed by atoms with Crippen LogP contribution in [0.15, 0.2) is 39.3 Å². The molecule has 1 aromatic heterocycles. The van der Waals surface area contributed by atoms with Gasteiger partial charge in [0.15, 0.2) is 0 Å². The third-order valence-corrected chi connectivity index (χ3v) is 4.37. The van der Waals surface area contributed by atoms with Gasteiger partial charge in [0, 0.05) is 35.1 Å². The predicted molar refractivity (Wildman–Crippen MR) is 82.9 cm³/mol. The van der Waals surface area contributed by atoms with Gasteiger partial charge in [0.1, 0.15) is 0 Å². The number of amides is 1. The molecular weight excluding hydrogens is 334 g/mol. The summed E-state index contributed by atoms with van der Waals surface area (Å²) in [6.45, 7) is 1.46. The topological polar surface area (TPSA) is 72.4 Å². The van der Waals surface area contributed by atoms with Crippen molar-refractivity contribution >= 4 is 27.7 Å². The number of halogens is 1. The van der Waals surface area contributed by atoms with E-state index < -0.39 is 0 Å². The number of anilines is 1. The molecule has 1 aliphatic rings. The number of benzene rings is 1. The molecule has 6 heteroatoms. The Morgan fingerprint density at radius 3 is 2.52 bits per heavy atom. The number of carbonyl (C=O) groups is 1. The minimum Gasteiger partial charge on any atom is -0.368 e. The highest BCUT2D eigenvalue weighted by Gasteiger charge is 2.26. The highest BCUT2D eigenvalue weighted by Crippen LogP contribution is 2.28. The number of nitrogens with zero attached hydrogens (tertiary/aromatic N) is 2. The first-order chi connectivity index (χ1) is 10.1. The zero-order chi connectivity index (χ0) is 14.8. The molecule has 2 heterocycles. The van der Waals surface area contributed by atoms with Crippen LogP contribution in [-0.2, 0) is 0 Å². The van der Waals surface area contributed by atoms with Gasteiger partial charge < -0.3 is 15.2 Å². The maximum Gasteiger partial charge on any atom is 0.253 e. The summed E-state index contributed by atoms with van der Waals surface area (Å²) in [5.74, 6) is 0.749. The molecule has 0 spiro atoms. The van der Waals surface area contributed by atoms with Crippen molar-refractivity contribution in [2.24, 2.45) is 0 Å². The fourth-order valence-electron chi connectivity index (χ4n) is 2.65. The molecule has 2 N–H and O–H groups in total. The minimum absolute atomic E-state index is 0.0839. The second-order valence-electron chi connectivity index (χ2n) is 5.23. The number of aromatic nitrogens is 1. The SMILES string of the molecule is Nc1cc(C2CCN(C(=O)c3ccc(Br)cc3)CC2)no1. The van der Waals surface area contributed by atoms with Crippen molar-refractivity contribution in [3.63, 3.8) is 0 Å². The number of carbonyl (C=O) groups excluding carboxylic acids is 1. The monoisotopic (exact) mass is 349 g/mol. The Morgan fingerprint density at radius 1 is 1.29 bits per heavy atom. The number of hydrogen-bond donors (Lipinski definition) is 1. The lowest BCUT2D eigenvalue weighted by molar-refractivity contribution is 0.0711. The van der Waals surface area contributed by atoms with E-state index in [1.807, 2.05) is 29.2 Å². The smallest absolute Gasteiger partial charge is 0.253 e. The Bertz CT molecular complexity index is 631. The van der Waals surface area contributed by atoms with Gasteiger partial charge in [0.2, 0.25) is 5.88 Å². The van der Waals surface area contributed by atoms with E-state index in [1.54, 1.807) is 6.07 Å². The number of nitrogen functional groups attached to an aromatic ring is 1. The molecule has 5 nitrogen and oxygen atoms in total. The Morgan fingerprint density at radius 2 is 1.95 bits per heavy atom. The molecule has 1 aliphatic heterocycles. The van der Waals surface area contributed by atoms with Crippen molar-refractivity contribution in [1.29, 1.82) is 0 Å². The summed E-state index contributed by atoms with van der Waals surface area (Å²) in [6, 6.07) is 9.24. The average Bonchev–Trinajstić information content (AvgIpc) is 2.94. The van der Waals surface area contributed by atoms with Gasteiger partial charge in [-0.3, -0.25) is 4.79 Å². The van der Waals surface area contributed by atoms with E-state index >= 15 is 0 Å². The summed E-state index contributed by atoms with van der Waals surface area (Å²) in [6.07, 6.45) is 1.77. The van der Waals surface area contributed by atoms with Crippen molar-refractivity contribution < 1.29 is 9.32 Å². The lowest BCUT2D eigenvalue weighted by atomic mass is 9.93. The zero-order valence-electron chi connectivity index (χ0n) is 11.5. The van der Waals surface area contributed by atoms with Gasteiger partial charge in [-0.2, -0.15) is 0 Å². The van der Waals surface area contributed by atoms with E-state index in [9.17, 15) is 4.79 Å². The van der Waals surface area contributed by atoms with Crippen LogP contribution < -0.4 is 5.73 Å². The molecule has 0 saturated carbocycles. The summed E-state index contributed by atoms with van der Waals surface area (Å²) in [4.78, 5) is 14.3. The second-order valence-corrected chi connectivity index (χ2v) is 6.14. The van der Waals surface area contributed by atoms with Gasteiger partial charge in [-0.05, 0) is 37.1 Å². The van der Waals surface area contributed by atoms with Crippen LogP contribution in [0, 0.1) is 0 Å². The number of hydrogen-bond acceptors (Lipinski definition) is 4. The van der Waals surface area contributed by atoms with Crippen molar-refractivity contribution in [3.05, 3.63) is 46.1 Å². The van der Waals surface area contributed by atoms with Gasteiger partial charge >= 0.3 is 0 Å². The minimum atomic E-state index is 0.0839. The molecular formula is C15H16BrN3O2. The van der Waals surface area contributed by atoms with Crippen LogP contribution in [0.1, 0.15) is 34.8 Å². The lowest BCUT2D eigenvalue weighted by Crippen LogP contribution is -2.37. The molecule has 1 aromatic carbocycles. The summed E-state index contributed by atoms with van der Waals surface area (Å²) < 4.78 is 5.89. The molecule has 0 unspecified atom stereocenters. The van der Waals surface area contributed by atoms with Crippen LogP contribution in [0.3, 0.4) is 0 Å². The number of likely N-dealkylation sites (tertiary alicyclic amines) is 1.